The molecule has 0 atom stereocenters. The minimum Gasteiger partial charge on any atom is -0.359 e. The van der Waals surface area contributed by atoms with Crippen molar-refractivity contribution in [2.45, 2.75) is 6.42 Å². The number of hydrogen-bond donors (Lipinski definition) is 2. The van der Waals surface area contributed by atoms with E-state index < -0.39 is 0 Å². The third-order valence-corrected chi connectivity index (χ3v) is 2.98. The zero-order chi connectivity index (χ0) is 12.8. The van der Waals surface area contributed by atoms with Crippen LogP contribution in [-0.4, -0.2) is 26.6 Å². The molecular formula is C15H19N3. The zero-order valence-corrected chi connectivity index (χ0v) is 10.9. The first kappa shape index (κ1) is 12.4. The molecule has 0 radical (unpaired) electrons. The zero-order valence-electron chi connectivity index (χ0n) is 10.9. The van der Waals surface area contributed by atoms with Crippen LogP contribution >= 0.6 is 0 Å². The van der Waals surface area contributed by atoms with E-state index in [0.29, 0.717) is 0 Å². The van der Waals surface area contributed by atoms with Crippen LogP contribution < -0.4 is 10.6 Å². The Labute approximate surface area is 108 Å². The molecule has 0 amide bonds. The van der Waals surface area contributed by atoms with Crippen molar-refractivity contribution in [3.05, 3.63) is 48.0 Å². The van der Waals surface area contributed by atoms with Crippen LogP contribution in [0.1, 0.15) is 5.56 Å². The number of aliphatic imine (C=N–C) groups is 1. The Morgan fingerprint density at radius 3 is 2.61 bits per heavy atom. The number of nitrogens with one attached hydrogen (secondary N) is 2. The Morgan fingerprint density at radius 2 is 1.89 bits per heavy atom. The van der Waals surface area contributed by atoms with E-state index in [2.05, 4.69) is 58.1 Å². The lowest BCUT2D eigenvalue weighted by atomic mass is 10.1. The van der Waals surface area contributed by atoms with Crippen LogP contribution in [0.25, 0.3) is 10.8 Å². The highest BCUT2D eigenvalue weighted by molar-refractivity contribution is 5.83. The normalized spacial score (nSPS) is 11.6. The van der Waals surface area contributed by atoms with Gasteiger partial charge in [0.1, 0.15) is 0 Å². The summed E-state index contributed by atoms with van der Waals surface area (Å²) in [4.78, 5) is 4.08. The van der Waals surface area contributed by atoms with Gasteiger partial charge in [0.05, 0.1) is 0 Å². The van der Waals surface area contributed by atoms with Crippen molar-refractivity contribution in [1.82, 2.24) is 10.6 Å². The molecule has 2 aromatic rings. The van der Waals surface area contributed by atoms with E-state index in [1.165, 1.54) is 16.3 Å². The first-order valence-electron chi connectivity index (χ1n) is 6.19. The molecule has 0 bridgehead atoms. The lowest BCUT2D eigenvalue weighted by Gasteiger charge is -2.08. The van der Waals surface area contributed by atoms with Crippen LogP contribution in [0.5, 0.6) is 0 Å². The second kappa shape index (κ2) is 6.05. The molecule has 2 aromatic carbocycles. The average molecular weight is 241 g/mol. The third kappa shape index (κ3) is 3.00. The van der Waals surface area contributed by atoms with E-state index in [0.717, 1.165) is 18.9 Å². The number of hydrogen-bond acceptors (Lipinski definition) is 1. The van der Waals surface area contributed by atoms with Gasteiger partial charge in [-0.15, -0.1) is 0 Å². The van der Waals surface area contributed by atoms with Gasteiger partial charge in [-0.25, -0.2) is 0 Å². The summed E-state index contributed by atoms with van der Waals surface area (Å²) in [6, 6.07) is 15.1. The van der Waals surface area contributed by atoms with Crippen molar-refractivity contribution >= 4 is 16.7 Å². The quantitative estimate of drug-likeness (QED) is 0.638. The van der Waals surface area contributed by atoms with Gasteiger partial charge in [-0.05, 0) is 22.8 Å². The summed E-state index contributed by atoms with van der Waals surface area (Å²) in [5.74, 6) is 0.829. The number of fused-ring (bicyclic) bond motifs is 1. The maximum atomic E-state index is 4.08. The standard InChI is InChI=1S/C15H19N3/c1-16-15(17-2)18-10-9-12-7-8-13-5-3-4-6-14(13)11-12/h3-8,11H,9-10H2,1-2H3,(H2,16,17,18). The van der Waals surface area contributed by atoms with E-state index in [-0.39, 0.29) is 0 Å². The summed E-state index contributed by atoms with van der Waals surface area (Å²) in [6.07, 6.45) is 0.992. The first-order chi connectivity index (χ1) is 8.83. The van der Waals surface area contributed by atoms with Crippen molar-refractivity contribution in [3.63, 3.8) is 0 Å². The average Bonchev–Trinajstić information content (AvgIpc) is 2.43. The molecule has 3 nitrogen and oxygen atoms in total. The molecule has 94 valence electrons. The number of guanidine groups is 1. The van der Waals surface area contributed by atoms with Crippen molar-refractivity contribution in [2.75, 3.05) is 20.6 Å². The summed E-state index contributed by atoms with van der Waals surface area (Å²) >= 11 is 0. The van der Waals surface area contributed by atoms with E-state index in [4.69, 9.17) is 0 Å². The third-order valence-electron chi connectivity index (χ3n) is 2.98. The molecule has 0 fully saturated rings. The van der Waals surface area contributed by atoms with Crippen molar-refractivity contribution < 1.29 is 0 Å². The molecule has 3 heteroatoms. The van der Waals surface area contributed by atoms with Crippen molar-refractivity contribution in [3.8, 4) is 0 Å². The second-order valence-corrected chi connectivity index (χ2v) is 4.18. The molecule has 0 unspecified atom stereocenters. The van der Waals surface area contributed by atoms with Gasteiger partial charge in [0.2, 0.25) is 0 Å². The largest absolute Gasteiger partial charge is 0.359 e. The van der Waals surface area contributed by atoms with Gasteiger partial charge in [0.15, 0.2) is 5.96 Å². The number of benzene rings is 2. The molecule has 18 heavy (non-hydrogen) atoms. The van der Waals surface area contributed by atoms with Crippen LogP contribution in [0.15, 0.2) is 47.5 Å². The van der Waals surface area contributed by atoms with Gasteiger partial charge in [-0.1, -0.05) is 42.5 Å². The van der Waals surface area contributed by atoms with Crippen molar-refractivity contribution in [2.24, 2.45) is 4.99 Å². The molecule has 0 aliphatic rings. The molecular weight excluding hydrogens is 222 g/mol. The van der Waals surface area contributed by atoms with E-state index in [1.807, 2.05) is 7.05 Å². The highest BCUT2D eigenvalue weighted by Gasteiger charge is 1.97. The topological polar surface area (TPSA) is 36.4 Å². The van der Waals surface area contributed by atoms with Crippen molar-refractivity contribution in [1.29, 1.82) is 0 Å². The predicted molar refractivity (Wildman–Crippen MR) is 78.1 cm³/mol. The van der Waals surface area contributed by atoms with Crippen LogP contribution in [0.4, 0.5) is 0 Å². The van der Waals surface area contributed by atoms with Crippen LogP contribution in [0.2, 0.25) is 0 Å². The molecule has 0 aliphatic carbocycles. The summed E-state index contributed by atoms with van der Waals surface area (Å²) in [5.41, 5.74) is 1.34. The molecule has 2 rings (SSSR count). The molecule has 0 saturated carbocycles. The molecule has 0 aromatic heterocycles. The van der Waals surface area contributed by atoms with Gasteiger partial charge in [0, 0.05) is 20.6 Å². The van der Waals surface area contributed by atoms with Gasteiger partial charge >= 0.3 is 0 Å². The Bertz CT molecular complexity index is 546. The predicted octanol–water partition coefficient (Wildman–Crippen LogP) is 2.18. The lowest BCUT2D eigenvalue weighted by Crippen LogP contribution is -2.35. The minimum atomic E-state index is 0.829. The van der Waals surface area contributed by atoms with Crippen LogP contribution in [-0.2, 0) is 6.42 Å². The van der Waals surface area contributed by atoms with Gasteiger partial charge in [-0.2, -0.15) is 0 Å². The van der Waals surface area contributed by atoms with E-state index in [9.17, 15) is 0 Å². The Kier molecular flexibility index (Phi) is 4.18. The molecule has 0 spiro atoms. The maximum absolute atomic E-state index is 4.08. The fourth-order valence-electron chi connectivity index (χ4n) is 2.00. The summed E-state index contributed by atoms with van der Waals surface area (Å²) in [7, 11) is 3.64. The monoisotopic (exact) mass is 241 g/mol. The van der Waals surface area contributed by atoms with E-state index >= 15 is 0 Å². The molecule has 0 saturated heterocycles. The first-order valence-corrected chi connectivity index (χ1v) is 6.19. The molecule has 0 aliphatic heterocycles. The van der Waals surface area contributed by atoms with E-state index in [1.54, 1.807) is 7.05 Å². The fraction of sp³-hybridized carbons (Fsp3) is 0.267. The fourth-order valence-corrected chi connectivity index (χ4v) is 2.00. The molecule has 2 N–H and O–H groups in total. The maximum Gasteiger partial charge on any atom is 0.190 e. The number of rotatable bonds is 3. The Morgan fingerprint density at radius 1 is 1.11 bits per heavy atom. The Balaban J connectivity index is 2.00. The van der Waals surface area contributed by atoms with Gasteiger partial charge in [-0.3, -0.25) is 4.99 Å². The van der Waals surface area contributed by atoms with Crippen LogP contribution in [0.3, 0.4) is 0 Å². The summed E-state index contributed by atoms with van der Waals surface area (Å²) in [5, 5.41) is 8.85. The highest BCUT2D eigenvalue weighted by Crippen LogP contribution is 2.15. The lowest BCUT2D eigenvalue weighted by molar-refractivity contribution is 0.835. The Hall–Kier alpha value is -2.03. The second-order valence-electron chi connectivity index (χ2n) is 4.18. The van der Waals surface area contributed by atoms with Crippen LogP contribution in [0, 0.1) is 0 Å². The summed E-state index contributed by atoms with van der Waals surface area (Å²) in [6.45, 7) is 0.881. The summed E-state index contributed by atoms with van der Waals surface area (Å²) < 4.78 is 0. The highest BCUT2D eigenvalue weighted by atomic mass is 15.1. The smallest absolute Gasteiger partial charge is 0.190 e. The number of nitrogens with zero attached hydrogens (tertiary/aromatic N) is 1. The minimum absolute atomic E-state index is 0.829. The molecule has 0 heterocycles. The SMILES string of the molecule is CN=C(NC)NCCc1ccc2ccccc2c1. The van der Waals surface area contributed by atoms with Gasteiger partial charge < -0.3 is 10.6 Å². The van der Waals surface area contributed by atoms with Gasteiger partial charge in [0.25, 0.3) is 0 Å².